The maximum Gasteiger partial charge on any atom is 0.306 e. The van der Waals surface area contributed by atoms with E-state index in [2.05, 4.69) is 0 Å². The average Bonchev–Trinajstić information content (AvgIpc) is 2.79. The average molecular weight is 198 g/mol. The van der Waals surface area contributed by atoms with E-state index in [-0.39, 0.29) is 11.8 Å². The van der Waals surface area contributed by atoms with Crippen LogP contribution in [0.4, 0.5) is 0 Å². The van der Waals surface area contributed by atoms with E-state index >= 15 is 0 Å². The molecule has 1 spiro atoms. The maximum atomic E-state index is 10.9. The fraction of sp³-hybridized carbons (Fsp3) is 0.900. The van der Waals surface area contributed by atoms with Crippen LogP contribution in [0.2, 0.25) is 0 Å². The van der Waals surface area contributed by atoms with Gasteiger partial charge in [-0.2, -0.15) is 0 Å². The van der Waals surface area contributed by atoms with Gasteiger partial charge >= 0.3 is 5.97 Å². The Bertz CT molecular complexity index is 269. The van der Waals surface area contributed by atoms with Crippen LogP contribution in [0.1, 0.15) is 19.3 Å². The van der Waals surface area contributed by atoms with Gasteiger partial charge in [0.15, 0.2) is 5.79 Å². The number of fused-ring (bicyclic) bond motifs is 3. The zero-order valence-corrected chi connectivity index (χ0v) is 7.94. The predicted octanol–water partition coefficient (Wildman–Crippen LogP) is 0.860. The fourth-order valence-electron chi connectivity index (χ4n) is 3.37. The Labute approximate surface area is 82.2 Å². The number of carboxylic acid groups (broad SMARTS) is 1. The molecular formula is C10H14O4. The molecule has 1 heterocycles. The Morgan fingerprint density at radius 2 is 2.00 bits per heavy atom. The fourth-order valence-corrected chi connectivity index (χ4v) is 3.37. The van der Waals surface area contributed by atoms with Crippen molar-refractivity contribution in [1.82, 2.24) is 0 Å². The SMILES string of the molecule is O=C(O)C1CC2CC1CC21OCCO1. The van der Waals surface area contributed by atoms with E-state index in [0.717, 1.165) is 19.3 Å². The topological polar surface area (TPSA) is 55.8 Å². The van der Waals surface area contributed by atoms with Gasteiger partial charge in [0.25, 0.3) is 0 Å². The molecule has 3 atom stereocenters. The Balaban J connectivity index is 1.79. The Kier molecular flexibility index (Phi) is 1.67. The minimum Gasteiger partial charge on any atom is -0.481 e. The molecular weight excluding hydrogens is 184 g/mol. The lowest BCUT2D eigenvalue weighted by molar-refractivity contribution is -0.197. The van der Waals surface area contributed by atoms with Crippen LogP contribution in [-0.2, 0) is 14.3 Å². The maximum absolute atomic E-state index is 10.9. The second-order valence-corrected chi connectivity index (χ2v) is 4.59. The van der Waals surface area contributed by atoms with E-state index in [1.165, 1.54) is 0 Å². The first-order valence-electron chi connectivity index (χ1n) is 5.22. The van der Waals surface area contributed by atoms with Crippen molar-refractivity contribution in [2.24, 2.45) is 17.8 Å². The summed E-state index contributed by atoms with van der Waals surface area (Å²) in [7, 11) is 0. The highest BCUT2D eigenvalue weighted by Gasteiger charge is 2.60. The molecule has 0 radical (unpaired) electrons. The summed E-state index contributed by atoms with van der Waals surface area (Å²) in [5.74, 6) is -0.605. The Hall–Kier alpha value is -0.610. The molecule has 2 saturated carbocycles. The third-order valence-electron chi connectivity index (χ3n) is 3.96. The molecule has 0 aromatic heterocycles. The molecule has 2 aliphatic carbocycles. The number of aliphatic carboxylic acids is 1. The number of hydrogen-bond donors (Lipinski definition) is 1. The third kappa shape index (κ3) is 0.982. The van der Waals surface area contributed by atoms with Gasteiger partial charge in [0, 0.05) is 12.3 Å². The molecule has 3 unspecified atom stereocenters. The zero-order valence-electron chi connectivity index (χ0n) is 7.94. The molecule has 3 fully saturated rings. The number of ether oxygens (including phenoxy) is 2. The third-order valence-corrected chi connectivity index (χ3v) is 3.96. The normalized spacial score (nSPS) is 43.6. The van der Waals surface area contributed by atoms with E-state index in [0.29, 0.717) is 19.1 Å². The minimum absolute atomic E-state index is 0.154. The van der Waals surface area contributed by atoms with Crippen LogP contribution in [0, 0.1) is 17.8 Å². The van der Waals surface area contributed by atoms with Crippen LogP contribution in [-0.4, -0.2) is 30.1 Å². The van der Waals surface area contributed by atoms with Crippen LogP contribution in [0.25, 0.3) is 0 Å². The minimum atomic E-state index is -0.648. The van der Waals surface area contributed by atoms with E-state index in [1.54, 1.807) is 0 Å². The lowest BCUT2D eigenvalue weighted by Crippen LogP contribution is -2.39. The second kappa shape index (κ2) is 2.70. The molecule has 3 aliphatic rings. The molecule has 0 aromatic rings. The molecule has 0 aromatic carbocycles. The van der Waals surface area contributed by atoms with Crippen LogP contribution in [0.5, 0.6) is 0 Å². The number of rotatable bonds is 1. The summed E-state index contributed by atoms with van der Waals surface area (Å²) in [5.41, 5.74) is 0. The largest absolute Gasteiger partial charge is 0.481 e. The summed E-state index contributed by atoms with van der Waals surface area (Å²) < 4.78 is 11.3. The summed E-state index contributed by atoms with van der Waals surface area (Å²) in [6.07, 6.45) is 2.49. The van der Waals surface area contributed by atoms with E-state index in [9.17, 15) is 4.79 Å². The van der Waals surface area contributed by atoms with Crippen LogP contribution in [0.3, 0.4) is 0 Å². The van der Waals surface area contributed by atoms with Gasteiger partial charge in [-0.15, -0.1) is 0 Å². The summed E-state index contributed by atoms with van der Waals surface area (Å²) in [6, 6.07) is 0. The quantitative estimate of drug-likeness (QED) is 0.679. The molecule has 0 amide bonds. The molecule has 1 saturated heterocycles. The van der Waals surface area contributed by atoms with Gasteiger partial charge < -0.3 is 14.6 Å². The summed E-state index contributed by atoms with van der Waals surface area (Å²) in [5, 5.41) is 8.98. The zero-order chi connectivity index (χ0) is 9.76. The molecule has 2 bridgehead atoms. The number of hydrogen-bond acceptors (Lipinski definition) is 3. The van der Waals surface area contributed by atoms with Crippen molar-refractivity contribution >= 4 is 5.97 Å². The Morgan fingerprint density at radius 1 is 1.29 bits per heavy atom. The first kappa shape index (κ1) is 8.68. The number of carboxylic acids is 1. The van der Waals surface area contributed by atoms with Crippen molar-refractivity contribution in [3.63, 3.8) is 0 Å². The van der Waals surface area contributed by atoms with Crippen molar-refractivity contribution in [2.45, 2.75) is 25.0 Å². The monoisotopic (exact) mass is 198 g/mol. The van der Waals surface area contributed by atoms with Crippen molar-refractivity contribution in [3.8, 4) is 0 Å². The summed E-state index contributed by atoms with van der Waals surface area (Å²) in [6.45, 7) is 1.34. The second-order valence-electron chi connectivity index (χ2n) is 4.59. The van der Waals surface area contributed by atoms with Gasteiger partial charge in [0.1, 0.15) is 0 Å². The predicted molar refractivity (Wildman–Crippen MR) is 46.6 cm³/mol. The lowest BCUT2D eigenvalue weighted by atomic mass is 9.85. The number of carbonyl (C=O) groups is 1. The summed E-state index contributed by atoms with van der Waals surface area (Å²) in [4.78, 5) is 10.9. The van der Waals surface area contributed by atoms with Crippen LogP contribution < -0.4 is 0 Å². The highest BCUT2D eigenvalue weighted by atomic mass is 16.7. The lowest BCUT2D eigenvalue weighted by Gasteiger charge is -2.33. The van der Waals surface area contributed by atoms with Crippen LogP contribution >= 0.6 is 0 Å². The molecule has 1 aliphatic heterocycles. The molecule has 4 heteroatoms. The highest BCUT2D eigenvalue weighted by molar-refractivity contribution is 5.71. The van der Waals surface area contributed by atoms with Gasteiger partial charge in [-0.05, 0) is 18.8 Å². The smallest absolute Gasteiger partial charge is 0.306 e. The van der Waals surface area contributed by atoms with Crippen molar-refractivity contribution in [3.05, 3.63) is 0 Å². The molecule has 78 valence electrons. The molecule has 3 rings (SSSR count). The Morgan fingerprint density at radius 3 is 2.50 bits per heavy atom. The van der Waals surface area contributed by atoms with Gasteiger partial charge in [0.05, 0.1) is 19.1 Å². The van der Waals surface area contributed by atoms with E-state index < -0.39 is 11.8 Å². The van der Waals surface area contributed by atoms with Crippen LogP contribution in [0.15, 0.2) is 0 Å². The summed E-state index contributed by atoms with van der Waals surface area (Å²) >= 11 is 0. The van der Waals surface area contributed by atoms with Gasteiger partial charge in [0.2, 0.25) is 0 Å². The molecule has 14 heavy (non-hydrogen) atoms. The first-order valence-corrected chi connectivity index (χ1v) is 5.22. The van der Waals surface area contributed by atoms with E-state index in [4.69, 9.17) is 14.6 Å². The first-order chi connectivity index (χ1) is 6.71. The van der Waals surface area contributed by atoms with Crippen molar-refractivity contribution in [1.29, 1.82) is 0 Å². The van der Waals surface area contributed by atoms with Gasteiger partial charge in [-0.25, -0.2) is 0 Å². The van der Waals surface area contributed by atoms with Gasteiger partial charge in [-0.3, -0.25) is 4.79 Å². The molecule has 4 nitrogen and oxygen atoms in total. The van der Waals surface area contributed by atoms with Crippen molar-refractivity contribution < 1.29 is 19.4 Å². The standard InChI is InChI=1S/C10H14O4/c11-9(12)8-4-7-3-6(8)5-10(7)13-1-2-14-10/h6-8H,1-5H2,(H,11,12). The van der Waals surface area contributed by atoms with Gasteiger partial charge in [-0.1, -0.05) is 0 Å². The van der Waals surface area contributed by atoms with Crippen molar-refractivity contribution in [2.75, 3.05) is 13.2 Å². The molecule has 1 N–H and O–H groups in total. The highest BCUT2D eigenvalue weighted by Crippen LogP contribution is 2.56. The van der Waals surface area contributed by atoms with E-state index in [1.807, 2.05) is 0 Å².